The molecule has 0 aromatic carbocycles. The van der Waals surface area contributed by atoms with Gasteiger partial charge in [-0.3, -0.25) is 0 Å². The maximum absolute atomic E-state index is 5.01. The molecule has 0 fully saturated rings. The highest BCUT2D eigenvalue weighted by Crippen LogP contribution is 2.17. The summed E-state index contributed by atoms with van der Waals surface area (Å²) in [7, 11) is -1.35. The standard InChI is InChI=1S/C7H15N3OSi/c1-5-10(12(2,3)4)7-8-6-9-11-7/h6H,5H2,1-4H3. The zero-order valence-corrected chi connectivity index (χ0v) is 9.03. The summed E-state index contributed by atoms with van der Waals surface area (Å²) in [4.78, 5) is 4.04. The van der Waals surface area contributed by atoms with E-state index >= 15 is 0 Å². The lowest BCUT2D eigenvalue weighted by Gasteiger charge is -2.30. The highest BCUT2D eigenvalue weighted by Gasteiger charge is 2.26. The summed E-state index contributed by atoms with van der Waals surface area (Å²) in [6.07, 6.45) is 1.44. The highest BCUT2D eigenvalue weighted by atomic mass is 28.3. The van der Waals surface area contributed by atoms with Gasteiger partial charge in [0.15, 0.2) is 14.6 Å². The SMILES string of the molecule is CCN(c1ncno1)[Si](C)(C)C. The van der Waals surface area contributed by atoms with Gasteiger partial charge < -0.3 is 9.09 Å². The van der Waals surface area contributed by atoms with E-state index in [2.05, 4.69) is 41.3 Å². The summed E-state index contributed by atoms with van der Waals surface area (Å²) in [6, 6.07) is 0.650. The molecule has 0 spiro atoms. The molecule has 68 valence electrons. The number of anilines is 1. The minimum absolute atomic E-state index is 0.650. The fourth-order valence-corrected chi connectivity index (χ4v) is 2.80. The van der Waals surface area contributed by atoms with Crippen molar-refractivity contribution >= 4 is 14.3 Å². The van der Waals surface area contributed by atoms with Crippen LogP contribution in [0, 0.1) is 0 Å². The number of hydrogen-bond acceptors (Lipinski definition) is 4. The zero-order chi connectivity index (χ0) is 9.19. The summed E-state index contributed by atoms with van der Waals surface area (Å²) in [5, 5.41) is 3.60. The van der Waals surface area contributed by atoms with Gasteiger partial charge in [-0.25, -0.2) is 0 Å². The molecule has 1 rings (SSSR count). The first-order valence-electron chi connectivity index (χ1n) is 4.10. The van der Waals surface area contributed by atoms with Crippen molar-refractivity contribution in [2.45, 2.75) is 26.6 Å². The van der Waals surface area contributed by atoms with Crippen LogP contribution in [-0.4, -0.2) is 24.9 Å². The van der Waals surface area contributed by atoms with Gasteiger partial charge in [-0.05, 0) is 6.92 Å². The molecular weight excluding hydrogens is 170 g/mol. The van der Waals surface area contributed by atoms with Crippen LogP contribution in [0.5, 0.6) is 0 Å². The number of nitrogens with zero attached hydrogens (tertiary/aromatic N) is 3. The van der Waals surface area contributed by atoms with Gasteiger partial charge in [0.05, 0.1) is 0 Å². The second-order valence-corrected chi connectivity index (χ2v) is 8.52. The summed E-state index contributed by atoms with van der Waals surface area (Å²) >= 11 is 0. The molecule has 0 aliphatic rings. The molecule has 0 N–H and O–H groups in total. The van der Waals surface area contributed by atoms with Crippen LogP contribution in [0.1, 0.15) is 6.92 Å². The maximum atomic E-state index is 5.01. The molecule has 12 heavy (non-hydrogen) atoms. The van der Waals surface area contributed by atoms with Gasteiger partial charge in [0.1, 0.15) is 0 Å². The lowest BCUT2D eigenvalue weighted by molar-refractivity contribution is 0.423. The lowest BCUT2D eigenvalue weighted by atomic mass is 10.7. The Bertz CT molecular complexity index is 229. The molecule has 0 saturated carbocycles. The van der Waals surface area contributed by atoms with Crippen LogP contribution in [0.4, 0.5) is 6.01 Å². The Hall–Kier alpha value is -0.843. The monoisotopic (exact) mass is 185 g/mol. The first-order chi connectivity index (χ1) is 5.55. The van der Waals surface area contributed by atoms with Crippen LogP contribution in [0.3, 0.4) is 0 Å². The summed E-state index contributed by atoms with van der Waals surface area (Å²) < 4.78 is 7.21. The third kappa shape index (κ3) is 1.85. The molecule has 0 atom stereocenters. The van der Waals surface area contributed by atoms with Gasteiger partial charge >= 0.3 is 6.01 Å². The van der Waals surface area contributed by atoms with E-state index in [9.17, 15) is 0 Å². The van der Waals surface area contributed by atoms with Crippen LogP contribution >= 0.6 is 0 Å². The van der Waals surface area contributed by atoms with Gasteiger partial charge in [0, 0.05) is 6.54 Å². The van der Waals surface area contributed by atoms with E-state index < -0.39 is 8.24 Å². The molecule has 1 aromatic heterocycles. The smallest absolute Gasteiger partial charge is 0.315 e. The quantitative estimate of drug-likeness (QED) is 0.673. The van der Waals surface area contributed by atoms with Crippen LogP contribution in [0.2, 0.25) is 19.6 Å². The molecule has 0 saturated heterocycles. The van der Waals surface area contributed by atoms with Gasteiger partial charge in [-0.1, -0.05) is 24.8 Å². The Morgan fingerprint density at radius 1 is 1.50 bits per heavy atom. The first-order valence-corrected chi connectivity index (χ1v) is 7.54. The molecule has 0 aliphatic heterocycles. The number of hydrogen-bond donors (Lipinski definition) is 0. The third-order valence-corrected chi connectivity index (χ3v) is 3.83. The molecule has 1 aromatic rings. The Morgan fingerprint density at radius 2 is 2.17 bits per heavy atom. The molecular formula is C7H15N3OSi. The van der Waals surface area contributed by atoms with Crippen LogP contribution in [-0.2, 0) is 0 Å². The molecule has 0 bridgehead atoms. The maximum Gasteiger partial charge on any atom is 0.315 e. The van der Waals surface area contributed by atoms with E-state index in [0.29, 0.717) is 6.01 Å². The molecule has 0 amide bonds. The van der Waals surface area contributed by atoms with E-state index in [-0.39, 0.29) is 0 Å². The Kier molecular flexibility index (Phi) is 2.51. The molecule has 0 radical (unpaired) electrons. The predicted octanol–water partition coefficient (Wildman–Crippen LogP) is 1.73. The van der Waals surface area contributed by atoms with Crippen molar-refractivity contribution in [3.05, 3.63) is 6.33 Å². The van der Waals surface area contributed by atoms with Gasteiger partial charge in [-0.15, -0.1) is 0 Å². The fourth-order valence-electron chi connectivity index (χ4n) is 1.18. The van der Waals surface area contributed by atoms with Crippen LogP contribution in [0.25, 0.3) is 0 Å². The first kappa shape index (κ1) is 9.25. The largest absolute Gasteiger partial charge is 0.352 e. The Morgan fingerprint density at radius 3 is 2.50 bits per heavy atom. The molecule has 0 unspecified atom stereocenters. The van der Waals surface area contributed by atoms with Crippen molar-refractivity contribution < 1.29 is 4.52 Å². The summed E-state index contributed by atoms with van der Waals surface area (Å²) in [5.74, 6) is 0. The molecule has 0 aliphatic carbocycles. The van der Waals surface area contributed by atoms with E-state index in [1.165, 1.54) is 6.33 Å². The molecule has 5 heteroatoms. The topological polar surface area (TPSA) is 42.2 Å². The van der Waals surface area contributed by atoms with Crippen molar-refractivity contribution in [3.63, 3.8) is 0 Å². The Balaban J connectivity index is 2.84. The second kappa shape index (κ2) is 3.26. The minimum Gasteiger partial charge on any atom is -0.352 e. The lowest BCUT2D eigenvalue weighted by Crippen LogP contribution is -2.46. The van der Waals surface area contributed by atoms with Gasteiger partial charge in [0.25, 0.3) is 0 Å². The minimum atomic E-state index is -1.35. The number of aromatic nitrogens is 2. The van der Waals surface area contributed by atoms with Gasteiger partial charge in [0.2, 0.25) is 0 Å². The summed E-state index contributed by atoms with van der Waals surface area (Å²) in [6.45, 7) is 9.78. The van der Waals surface area contributed by atoms with E-state index in [4.69, 9.17) is 4.52 Å². The number of rotatable bonds is 3. The Labute approximate surface area is 73.7 Å². The van der Waals surface area contributed by atoms with Crippen molar-refractivity contribution in [2.24, 2.45) is 0 Å². The molecule has 4 nitrogen and oxygen atoms in total. The predicted molar refractivity (Wildman–Crippen MR) is 50.7 cm³/mol. The van der Waals surface area contributed by atoms with Crippen molar-refractivity contribution in [2.75, 3.05) is 11.1 Å². The van der Waals surface area contributed by atoms with E-state index in [1.54, 1.807) is 0 Å². The van der Waals surface area contributed by atoms with Gasteiger partial charge in [-0.2, -0.15) is 4.98 Å². The van der Waals surface area contributed by atoms with Crippen molar-refractivity contribution in [1.29, 1.82) is 0 Å². The van der Waals surface area contributed by atoms with Crippen LogP contribution < -0.4 is 4.57 Å². The van der Waals surface area contributed by atoms with Crippen molar-refractivity contribution in [1.82, 2.24) is 10.1 Å². The normalized spacial score (nSPS) is 11.7. The van der Waals surface area contributed by atoms with E-state index in [0.717, 1.165) is 6.54 Å². The third-order valence-electron chi connectivity index (χ3n) is 1.71. The van der Waals surface area contributed by atoms with Crippen LogP contribution in [0.15, 0.2) is 10.9 Å². The average molecular weight is 185 g/mol. The second-order valence-electron chi connectivity index (χ2n) is 3.64. The highest BCUT2D eigenvalue weighted by molar-refractivity contribution is 6.79. The summed E-state index contributed by atoms with van der Waals surface area (Å²) in [5.41, 5.74) is 0. The zero-order valence-electron chi connectivity index (χ0n) is 8.03. The average Bonchev–Trinajstić information content (AvgIpc) is 2.38. The molecule has 1 heterocycles. The fraction of sp³-hybridized carbons (Fsp3) is 0.714. The van der Waals surface area contributed by atoms with Crippen molar-refractivity contribution in [3.8, 4) is 0 Å². The van der Waals surface area contributed by atoms with E-state index in [1.807, 2.05) is 0 Å².